The van der Waals surface area contributed by atoms with Crippen molar-refractivity contribution in [2.45, 2.75) is 46.2 Å². The molecule has 146 valence electrons. The fourth-order valence-corrected chi connectivity index (χ4v) is 3.75. The molecule has 0 aliphatic heterocycles. The van der Waals surface area contributed by atoms with Crippen LogP contribution in [0.3, 0.4) is 0 Å². The van der Waals surface area contributed by atoms with Gasteiger partial charge in [-0.1, -0.05) is 23.4 Å². The van der Waals surface area contributed by atoms with Crippen molar-refractivity contribution in [1.29, 1.82) is 0 Å². The van der Waals surface area contributed by atoms with E-state index in [4.69, 9.17) is 9.62 Å². The summed E-state index contributed by atoms with van der Waals surface area (Å²) in [6.45, 7) is 5.14. The molecule has 2 heterocycles. The molecule has 3 aromatic rings. The Bertz CT molecular complexity index is 966. The lowest BCUT2D eigenvalue weighted by Gasteiger charge is -2.11. The largest absolute Gasteiger partial charge is 0.361 e. The maximum Gasteiger partial charge on any atom is 0.191 e. The lowest BCUT2D eigenvalue weighted by Crippen LogP contribution is -2.36. The van der Waals surface area contributed by atoms with Gasteiger partial charge in [0.25, 0.3) is 0 Å². The van der Waals surface area contributed by atoms with Crippen molar-refractivity contribution in [1.82, 2.24) is 25.6 Å². The van der Waals surface area contributed by atoms with E-state index in [9.17, 15) is 0 Å². The number of rotatable bonds is 5. The minimum Gasteiger partial charge on any atom is -0.361 e. The highest BCUT2D eigenvalue weighted by Gasteiger charge is 2.23. The molecule has 0 fully saturated rings. The molecule has 7 heteroatoms. The predicted octanol–water partition coefficient (Wildman–Crippen LogP) is 2.83. The molecule has 1 aromatic carbocycles. The molecular weight excluding hydrogens is 352 g/mol. The van der Waals surface area contributed by atoms with Crippen LogP contribution in [-0.4, -0.2) is 27.9 Å². The van der Waals surface area contributed by atoms with Crippen molar-refractivity contribution in [3.05, 3.63) is 64.3 Å². The number of nitrogens with one attached hydrogen (secondary N) is 2. The van der Waals surface area contributed by atoms with Gasteiger partial charge in [-0.25, -0.2) is 4.68 Å². The number of aromatic nitrogens is 3. The summed E-state index contributed by atoms with van der Waals surface area (Å²) in [6, 6.07) is 10.3. The zero-order chi connectivity index (χ0) is 19.5. The molecule has 0 spiro atoms. The second-order valence-corrected chi connectivity index (χ2v) is 7.05. The highest BCUT2D eigenvalue weighted by molar-refractivity contribution is 5.79. The lowest BCUT2D eigenvalue weighted by atomic mass is 10.2. The highest BCUT2D eigenvalue weighted by atomic mass is 16.5. The van der Waals surface area contributed by atoms with Gasteiger partial charge < -0.3 is 15.2 Å². The van der Waals surface area contributed by atoms with E-state index in [0.29, 0.717) is 13.1 Å². The third-order valence-electron chi connectivity index (χ3n) is 5.27. The van der Waals surface area contributed by atoms with E-state index in [2.05, 4.69) is 49.7 Å². The van der Waals surface area contributed by atoms with Crippen LogP contribution in [0.15, 0.2) is 39.8 Å². The molecule has 0 unspecified atom stereocenters. The fraction of sp³-hybridized carbons (Fsp3) is 0.381. The number of fused-ring (bicyclic) bond motifs is 1. The van der Waals surface area contributed by atoms with Gasteiger partial charge in [0, 0.05) is 24.8 Å². The molecule has 7 nitrogen and oxygen atoms in total. The SMILES string of the molecule is CN=C(NCc1nn(-c2ccccc2)c2c1CCC2)NCc1c(C)noc1C. The Hall–Kier alpha value is -3.09. The number of para-hydroxylation sites is 1. The Labute approximate surface area is 164 Å². The van der Waals surface area contributed by atoms with Gasteiger partial charge in [0.2, 0.25) is 0 Å². The smallest absolute Gasteiger partial charge is 0.191 e. The molecule has 1 aliphatic rings. The third-order valence-corrected chi connectivity index (χ3v) is 5.27. The molecule has 1 aliphatic carbocycles. The van der Waals surface area contributed by atoms with Crippen molar-refractivity contribution in [3.8, 4) is 5.69 Å². The molecule has 0 radical (unpaired) electrons. The lowest BCUT2D eigenvalue weighted by molar-refractivity contribution is 0.392. The number of hydrogen-bond donors (Lipinski definition) is 2. The van der Waals surface area contributed by atoms with Gasteiger partial charge >= 0.3 is 0 Å². The first-order valence-corrected chi connectivity index (χ1v) is 9.68. The van der Waals surface area contributed by atoms with Gasteiger partial charge in [-0.15, -0.1) is 0 Å². The van der Waals surface area contributed by atoms with Crippen molar-refractivity contribution < 1.29 is 4.52 Å². The van der Waals surface area contributed by atoms with Crippen LogP contribution in [0.1, 0.15) is 40.4 Å². The average molecular weight is 378 g/mol. The van der Waals surface area contributed by atoms with Crippen molar-refractivity contribution in [2.75, 3.05) is 7.05 Å². The monoisotopic (exact) mass is 378 g/mol. The summed E-state index contributed by atoms with van der Waals surface area (Å²) in [7, 11) is 1.77. The van der Waals surface area contributed by atoms with Gasteiger partial charge in [-0.3, -0.25) is 4.99 Å². The second-order valence-electron chi connectivity index (χ2n) is 7.05. The van der Waals surface area contributed by atoms with Crippen LogP contribution in [0.5, 0.6) is 0 Å². The van der Waals surface area contributed by atoms with Crippen molar-refractivity contribution in [3.63, 3.8) is 0 Å². The number of aliphatic imine (C=N–C) groups is 1. The van der Waals surface area contributed by atoms with Gasteiger partial charge in [0.05, 0.1) is 23.6 Å². The molecule has 4 rings (SSSR count). The first-order chi connectivity index (χ1) is 13.7. The Balaban J connectivity index is 1.46. The van der Waals surface area contributed by atoms with Crippen LogP contribution < -0.4 is 10.6 Å². The number of hydrogen-bond acceptors (Lipinski definition) is 4. The summed E-state index contributed by atoms with van der Waals surface area (Å²) in [5.41, 5.74) is 6.89. The van der Waals surface area contributed by atoms with E-state index in [0.717, 1.165) is 47.2 Å². The molecule has 2 aromatic heterocycles. The number of nitrogens with zero attached hydrogens (tertiary/aromatic N) is 4. The van der Waals surface area contributed by atoms with E-state index in [1.54, 1.807) is 7.05 Å². The van der Waals surface area contributed by atoms with Crippen LogP contribution in [0, 0.1) is 13.8 Å². The molecule has 0 atom stereocenters. The van der Waals surface area contributed by atoms with Gasteiger partial charge in [0.15, 0.2) is 5.96 Å². The first kappa shape index (κ1) is 18.3. The summed E-state index contributed by atoms with van der Waals surface area (Å²) in [4.78, 5) is 4.33. The Morgan fingerprint density at radius 2 is 1.93 bits per heavy atom. The van der Waals surface area contributed by atoms with Crippen LogP contribution in [0.25, 0.3) is 5.69 Å². The molecule has 0 saturated carbocycles. The number of guanidine groups is 1. The van der Waals surface area contributed by atoms with E-state index in [1.807, 2.05) is 19.9 Å². The van der Waals surface area contributed by atoms with E-state index in [1.165, 1.54) is 17.7 Å². The maximum absolute atomic E-state index is 5.22. The second kappa shape index (κ2) is 7.88. The topological polar surface area (TPSA) is 80.3 Å². The summed E-state index contributed by atoms with van der Waals surface area (Å²) in [5.74, 6) is 1.57. The Morgan fingerprint density at radius 1 is 1.14 bits per heavy atom. The van der Waals surface area contributed by atoms with Gasteiger partial charge in [-0.05, 0) is 50.8 Å². The van der Waals surface area contributed by atoms with Crippen molar-refractivity contribution in [2.24, 2.45) is 4.99 Å². The zero-order valence-electron chi connectivity index (χ0n) is 16.6. The fourth-order valence-electron chi connectivity index (χ4n) is 3.75. The van der Waals surface area contributed by atoms with E-state index >= 15 is 0 Å². The van der Waals surface area contributed by atoms with Crippen LogP contribution >= 0.6 is 0 Å². The number of aryl methyl sites for hydroxylation is 2. The molecule has 0 bridgehead atoms. The third kappa shape index (κ3) is 3.52. The highest BCUT2D eigenvalue weighted by Crippen LogP contribution is 2.27. The molecule has 28 heavy (non-hydrogen) atoms. The van der Waals surface area contributed by atoms with Crippen LogP contribution in [0.2, 0.25) is 0 Å². The van der Waals surface area contributed by atoms with Gasteiger partial charge in [0.1, 0.15) is 5.76 Å². The molecule has 2 N–H and O–H groups in total. The quantitative estimate of drug-likeness (QED) is 0.527. The standard InChI is InChI=1S/C21H26N6O/c1-14-18(15(2)28-26-14)12-23-21(22-3)24-13-19-17-10-7-11-20(17)27(25-19)16-8-5-4-6-9-16/h4-6,8-9H,7,10-13H2,1-3H3,(H2,22,23,24). The molecule has 0 amide bonds. The molecule has 0 saturated heterocycles. The minimum absolute atomic E-state index is 0.622. The number of benzene rings is 1. The first-order valence-electron chi connectivity index (χ1n) is 9.68. The summed E-state index contributed by atoms with van der Waals surface area (Å²) >= 11 is 0. The Morgan fingerprint density at radius 3 is 2.64 bits per heavy atom. The summed E-state index contributed by atoms with van der Waals surface area (Å²) in [5, 5.41) is 15.6. The minimum atomic E-state index is 0.622. The van der Waals surface area contributed by atoms with Crippen LogP contribution in [-0.2, 0) is 25.9 Å². The maximum atomic E-state index is 5.22. The Kier molecular flexibility index (Phi) is 5.14. The average Bonchev–Trinajstić information content (AvgIpc) is 3.40. The van der Waals surface area contributed by atoms with Gasteiger partial charge in [-0.2, -0.15) is 5.10 Å². The molecular formula is C21H26N6O. The van der Waals surface area contributed by atoms with Crippen molar-refractivity contribution >= 4 is 5.96 Å². The predicted molar refractivity (Wildman–Crippen MR) is 109 cm³/mol. The normalized spacial score (nSPS) is 13.6. The summed E-state index contributed by atoms with van der Waals surface area (Å²) in [6.07, 6.45) is 3.35. The summed E-state index contributed by atoms with van der Waals surface area (Å²) < 4.78 is 7.32. The zero-order valence-corrected chi connectivity index (χ0v) is 16.6. The van der Waals surface area contributed by atoms with E-state index in [-0.39, 0.29) is 0 Å². The van der Waals surface area contributed by atoms with E-state index < -0.39 is 0 Å². The van der Waals surface area contributed by atoms with Crippen LogP contribution in [0.4, 0.5) is 0 Å².